The molecule has 0 saturated carbocycles. The fourth-order valence-corrected chi connectivity index (χ4v) is 1.56. The van der Waals surface area contributed by atoms with Gasteiger partial charge < -0.3 is 10.8 Å². The van der Waals surface area contributed by atoms with E-state index in [1.165, 1.54) is 0 Å². The Kier molecular flexibility index (Phi) is 2.30. The van der Waals surface area contributed by atoms with Crippen LogP contribution < -0.4 is 5.73 Å². The van der Waals surface area contributed by atoms with E-state index < -0.39 is 17.4 Å². The highest BCUT2D eigenvalue weighted by Crippen LogP contribution is 2.31. The molecule has 3 heteroatoms. The van der Waals surface area contributed by atoms with Crippen molar-refractivity contribution in [2.24, 2.45) is 11.7 Å². The highest BCUT2D eigenvalue weighted by Gasteiger charge is 2.37. The molecular weight excluding hydrogens is 166 g/mol. The second-order valence-electron chi connectivity index (χ2n) is 3.77. The first-order valence-electron chi connectivity index (χ1n) is 4.25. The Morgan fingerprint density at radius 1 is 1.62 bits per heavy atom. The Bertz CT molecular complexity index is 300. The Hall–Kier alpha value is -1.09. The molecule has 0 aromatic carbocycles. The number of allylic oxidation sites excluding steroid dienone is 2. The standard InChI is InChI=1S/C10H15NO2/c1-6-4-5-8(9(12)13)10(3,11)7(6)2/h4-5,8H,11H2,1-3H3,(H,12,13). The molecule has 2 unspecified atom stereocenters. The molecule has 13 heavy (non-hydrogen) atoms. The van der Waals surface area contributed by atoms with Crippen LogP contribution in [-0.4, -0.2) is 16.6 Å². The minimum absolute atomic E-state index is 0.615. The molecule has 2 atom stereocenters. The van der Waals surface area contributed by atoms with Gasteiger partial charge in [0.15, 0.2) is 0 Å². The first-order valence-corrected chi connectivity index (χ1v) is 4.25. The minimum atomic E-state index is -0.867. The van der Waals surface area contributed by atoms with Gasteiger partial charge in [0.1, 0.15) is 0 Å². The topological polar surface area (TPSA) is 63.3 Å². The largest absolute Gasteiger partial charge is 0.481 e. The van der Waals surface area contributed by atoms with Crippen molar-refractivity contribution in [3.63, 3.8) is 0 Å². The molecule has 0 bridgehead atoms. The molecule has 1 aliphatic carbocycles. The van der Waals surface area contributed by atoms with Crippen LogP contribution in [0.1, 0.15) is 20.8 Å². The van der Waals surface area contributed by atoms with Gasteiger partial charge in [0.05, 0.1) is 11.5 Å². The third-order valence-electron chi connectivity index (χ3n) is 2.85. The first kappa shape index (κ1) is 9.99. The first-order chi connectivity index (χ1) is 5.87. The van der Waals surface area contributed by atoms with Crippen molar-refractivity contribution in [2.45, 2.75) is 26.3 Å². The monoisotopic (exact) mass is 181 g/mol. The van der Waals surface area contributed by atoms with Gasteiger partial charge in [-0.3, -0.25) is 4.79 Å². The lowest BCUT2D eigenvalue weighted by atomic mass is 9.75. The number of carboxylic acids is 1. The zero-order valence-corrected chi connectivity index (χ0v) is 8.16. The summed E-state index contributed by atoms with van der Waals surface area (Å²) in [6, 6.07) is 0. The summed E-state index contributed by atoms with van der Waals surface area (Å²) in [4.78, 5) is 10.9. The van der Waals surface area contributed by atoms with Crippen LogP contribution in [0.3, 0.4) is 0 Å². The zero-order chi connectivity index (χ0) is 10.2. The summed E-state index contributed by atoms with van der Waals surface area (Å²) < 4.78 is 0. The van der Waals surface area contributed by atoms with E-state index in [-0.39, 0.29) is 0 Å². The van der Waals surface area contributed by atoms with Crippen LogP contribution in [0.4, 0.5) is 0 Å². The maximum atomic E-state index is 10.9. The van der Waals surface area contributed by atoms with Crippen molar-refractivity contribution in [2.75, 3.05) is 0 Å². The third kappa shape index (κ3) is 1.52. The molecule has 0 saturated heterocycles. The van der Waals surface area contributed by atoms with Crippen molar-refractivity contribution >= 4 is 5.97 Å². The summed E-state index contributed by atoms with van der Waals surface area (Å²) in [5.41, 5.74) is 7.21. The Morgan fingerprint density at radius 3 is 2.62 bits per heavy atom. The quantitative estimate of drug-likeness (QED) is 0.641. The third-order valence-corrected chi connectivity index (χ3v) is 2.85. The molecule has 0 aromatic heterocycles. The van der Waals surface area contributed by atoms with Crippen LogP contribution in [0.15, 0.2) is 23.3 Å². The van der Waals surface area contributed by atoms with Gasteiger partial charge in [0.2, 0.25) is 0 Å². The predicted octanol–water partition coefficient (Wildman–Crippen LogP) is 1.31. The number of hydrogen-bond donors (Lipinski definition) is 2. The Balaban J connectivity index is 3.12. The summed E-state index contributed by atoms with van der Waals surface area (Å²) in [6.45, 7) is 5.58. The van der Waals surface area contributed by atoms with Crippen LogP contribution in [0, 0.1) is 5.92 Å². The van der Waals surface area contributed by atoms with Gasteiger partial charge in [-0.1, -0.05) is 17.7 Å². The van der Waals surface area contributed by atoms with Crippen LogP contribution in [0.2, 0.25) is 0 Å². The van der Waals surface area contributed by atoms with Crippen molar-refractivity contribution in [1.29, 1.82) is 0 Å². The van der Waals surface area contributed by atoms with Crippen molar-refractivity contribution in [3.05, 3.63) is 23.3 Å². The summed E-state index contributed by atoms with van der Waals surface area (Å²) in [6.07, 6.45) is 3.48. The highest BCUT2D eigenvalue weighted by atomic mass is 16.4. The van der Waals surface area contributed by atoms with E-state index in [1.54, 1.807) is 13.0 Å². The SMILES string of the molecule is CC1=C(C)C(C)(N)C(C(=O)O)C=C1. The fraction of sp³-hybridized carbons (Fsp3) is 0.500. The number of carbonyl (C=O) groups is 1. The van der Waals surface area contributed by atoms with Crippen LogP contribution in [-0.2, 0) is 4.79 Å². The zero-order valence-electron chi connectivity index (χ0n) is 8.16. The lowest BCUT2D eigenvalue weighted by Gasteiger charge is -2.34. The van der Waals surface area contributed by atoms with E-state index in [0.29, 0.717) is 0 Å². The molecule has 3 nitrogen and oxygen atoms in total. The summed E-state index contributed by atoms with van der Waals surface area (Å²) in [5.74, 6) is -1.48. The number of hydrogen-bond acceptors (Lipinski definition) is 2. The van der Waals surface area contributed by atoms with Crippen LogP contribution in [0.5, 0.6) is 0 Å². The normalized spacial score (nSPS) is 33.7. The van der Waals surface area contributed by atoms with Crippen LogP contribution in [0.25, 0.3) is 0 Å². The average Bonchev–Trinajstić information content (AvgIpc) is 1.99. The van der Waals surface area contributed by atoms with Gasteiger partial charge in [-0.25, -0.2) is 0 Å². The number of aliphatic carboxylic acids is 1. The molecule has 3 N–H and O–H groups in total. The molecule has 0 spiro atoms. The average molecular weight is 181 g/mol. The van der Waals surface area contributed by atoms with Gasteiger partial charge in [-0.2, -0.15) is 0 Å². The highest BCUT2D eigenvalue weighted by molar-refractivity contribution is 5.76. The maximum Gasteiger partial charge on any atom is 0.312 e. The molecule has 0 aliphatic heterocycles. The number of rotatable bonds is 1. The molecule has 0 fully saturated rings. The van der Waals surface area contributed by atoms with Gasteiger partial charge in [0.25, 0.3) is 0 Å². The lowest BCUT2D eigenvalue weighted by molar-refractivity contribution is -0.141. The van der Waals surface area contributed by atoms with E-state index in [1.807, 2.05) is 19.9 Å². The smallest absolute Gasteiger partial charge is 0.312 e. The lowest BCUT2D eigenvalue weighted by Crippen LogP contribution is -2.49. The molecular formula is C10H15NO2. The van der Waals surface area contributed by atoms with Gasteiger partial charge in [-0.15, -0.1) is 0 Å². The number of carboxylic acid groups (broad SMARTS) is 1. The second kappa shape index (κ2) is 3.00. The summed E-state index contributed by atoms with van der Waals surface area (Å²) in [7, 11) is 0. The van der Waals surface area contributed by atoms with E-state index in [0.717, 1.165) is 11.1 Å². The molecule has 1 aliphatic rings. The van der Waals surface area contributed by atoms with Gasteiger partial charge in [-0.05, 0) is 26.3 Å². The van der Waals surface area contributed by atoms with Crippen molar-refractivity contribution < 1.29 is 9.90 Å². The van der Waals surface area contributed by atoms with E-state index in [2.05, 4.69) is 0 Å². The molecule has 0 aromatic rings. The van der Waals surface area contributed by atoms with E-state index in [9.17, 15) is 4.79 Å². The fourth-order valence-electron chi connectivity index (χ4n) is 1.56. The molecule has 0 amide bonds. The van der Waals surface area contributed by atoms with Gasteiger partial charge >= 0.3 is 5.97 Å². The van der Waals surface area contributed by atoms with Crippen LogP contribution >= 0.6 is 0 Å². The molecule has 0 radical (unpaired) electrons. The van der Waals surface area contributed by atoms with Gasteiger partial charge in [0, 0.05) is 0 Å². The molecule has 1 rings (SSSR count). The second-order valence-corrected chi connectivity index (χ2v) is 3.77. The van der Waals surface area contributed by atoms with E-state index >= 15 is 0 Å². The van der Waals surface area contributed by atoms with Crippen molar-refractivity contribution in [3.8, 4) is 0 Å². The summed E-state index contributed by atoms with van der Waals surface area (Å²) >= 11 is 0. The predicted molar refractivity (Wildman–Crippen MR) is 51.2 cm³/mol. The van der Waals surface area contributed by atoms with E-state index in [4.69, 9.17) is 10.8 Å². The number of nitrogens with two attached hydrogens (primary N) is 1. The summed E-state index contributed by atoms with van der Waals surface area (Å²) in [5, 5.41) is 8.92. The molecule has 72 valence electrons. The minimum Gasteiger partial charge on any atom is -0.481 e. The van der Waals surface area contributed by atoms with Crippen molar-refractivity contribution in [1.82, 2.24) is 0 Å². The Morgan fingerprint density at radius 2 is 2.15 bits per heavy atom. The molecule has 0 heterocycles. The Labute approximate surface area is 77.9 Å². The maximum absolute atomic E-state index is 10.9.